The minimum absolute atomic E-state index is 0.691. The molecule has 2 saturated heterocycles. The number of hydrogen-bond donors (Lipinski definition) is 1. The van der Waals surface area contributed by atoms with Gasteiger partial charge in [-0.25, -0.2) is 0 Å². The molecule has 88 valence electrons. The van der Waals surface area contributed by atoms with E-state index in [1.807, 2.05) is 0 Å². The summed E-state index contributed by atoms with van der Waals surface area (Å²) in [7, 11) is 2.26. The number of nitrogens with zero attached hydrogens (tertiary/aromatic N) is 1. The molecule has 2 heterocycles. The van der Waals surface area contributed by atoms with Gasteiger partial charge in [-0.15, -0.1) is 0 Å². The second-order valence-corrected chi connectivity index (χ2v) is 5.66. The smallest absolute Gasteiger partial charge is 0.0480 e. The van der Waals surface area contributed by atoms with Crippen LogP contribution in [0.3, 0.4) is 0 Å². The lowest BCUT2D eigenvalue weighted by molar-refractivity contribution is 0.0409. The van der Waals surface area contributed by atoms with Crippen molar-refractivity contribution >= 4 is 11.8 Å². The van der Waals surface area contributed by atoms with E-state index in [0.717, 1.165) is 19.3 Å². The van der Waals surface area contributed by atoms with Crippen molar-refractivity contribution in [1.82, 2.24) is 10.2 Å². The Balaban J connectivity index is 1.72. The lowest BCUT2D eigenvalue weighted by Gasteiger charge is -2.35. The van der Waals surface area contributed by atoms with Gasteiger partial charge in [-0.05, 0) is 19.9 Å². The fourth-order valence-corrected chi connectivity index (χ4v) is 3.30. The van der Waals surface area contributed by atoms with Crippen LogP contribution in [0.1, 0.15) is 12.8 Å². The van der Waals surface area contributed by atoms with E-state index >= 15 is 0 Å². The Hall–Kier alpha value is 0.230. The van der Waals surface area contributed by atoms with Crippen molar-refractivity contribution in [3.63, 3.8) is 0 Å². The summed E-state index contributed by atoms with van der Waals surface area (Å²) < 4.78 is 5.39. The predicted octanol–water partition coefficient (Wildman–Crippen LogP) is 0.802. The zero-order valence-corrected chi connectivity index (χ0v) is 10.4. The molecule has 1 unspecified atom stereocenters. The van der Waals surface area contributed by atoms with E-state index in [0.29, 0.717) is 6.04 Å². The standard InChI is InChI=1S/C11H22N2OS/c1-13(11-2-5-14-6-3-11)8-10-9-15-7-4-12-10/h10-12H,2-9H2,1H3. The van der Waals surface area contributed by atoms with Gasteiger partial charge in [0.05, 0.1) is 0 Å². The van der Waals surface area contributed by atoms with Crippen molar-refractivity contribution in [1.29, 1.82) is 0 Å². The molecule has 2 rings (SSSR count). The zero-order chi connectivity index (χ0) is 10.5. The Morgan fingerprint density at radius 3 is 2.87 bits per heavy atom. The first-order chi connectivity index (χ1) is 7.36. The predicted molar refractivity (Wildman–Crippen MR) is 65.6 cm³/mol. The Morgan fingerprint density at radius 2 is 2.20 bits per heavy atom. The molecule has 0 aromatic heterocycles. The molecule has 0 aliphatic carbocycles. The average Bonchev–Trinajstić information content (AvgIpc) is 2.31. The van der Waals surface area contributed by atoms with Gasteiger partial charge in [0.2, 0.25) is 0 Å². The van der Waals surface area contributed by atoms with Crippen LogP contribution in [-0.2, 0) is 4.74 Å². The molecule has 0 aromatic carbocycles. The summed E-state index contributed by atoms with van der Waals surface area (Å²) in [4.78, 5) is 2.52. The third-order valence-corrected chi connectivity index (χ3v) is 4.45. The first-order valence-corrected chi connectivity index (χ1v) is 7.11. The summed E-state index contributed by atoms with van der Waals surface area (Å²) in [5.41, 5.74) is 0. The summed E-state index contributed by atoms with van der Waals surface area (Å²) in [6.07, 6.45) is 2.41. The van der Waals surface area contributed by atoms with E-state index in [-0.39, 0.29) is 0 Å². The van der Waals surface area contributed by atoms with Crippen LogP contribution in [0.4, 0.5) is 0 Å². The molecule has 0 bridgehead atoms. The fraction of sp³-hybridized carbons (Fsp3) is 1.00. The van der Waals surface area contributed by atoms with Gasteiger partial charge in [0, 0.05) is 49.9 Å². The van der Waals surface area contributed by atoms with E-state index in [2.05, 4.69) is 29.0 Å². The lowest BCUT2D eigenvalue weighted by Crippen LogP contribution is -2.48. The molecule has 4 heteroatoms. The monoisotopic (exact) mass is 230 g/mol. The quantitative estimate of drug-likeness (QED) is 0.775. The normalized spacial score (nSPS) is 29.6. The molecule has 1 atom stereocenters. The van der Waals surface area contributed by atoms with E-state index in [4.69, 9.17) is 4.74 Å². The topological polar surface area (TPSA) is 24.5 Å². The minimum Gasteiger partial charge on any atom is -0.381 e. The third-order valence-electron chi connectivity index (χ3n) is 3.32. The van der Waals surface area contributed by atoms with Gasteiger partial charge in [-0.3, -0.25) is 0 Å². The molecular formula is C11H22N2OS. The van der Waals surface area contributed by atoms with Gasteiger partial charge in [0.1, 0.15) is 0 Å². The molecule has 3 nitrogen and oxygen atoms in total. The molecule has 2 aliphatic rings. The Bertz CT molecular complexity index is 179. The molecule has 0 radical (unpaired) electrons. The summed E-state index contributed by atoms with van der Waals surface area (Å²) in [6.45, 7) is 4.26. The number of thioether (sulfide) groups is 1. The Morgan fingerprint density at radius 1 is 1.40 bits per heavy atom. The van der Waals surface area contributed by atoms with E-state index in [1.165, 1.54) is 37.4 Å². The number of ether oxygens (including phenoxy) is 1. The molecular weight excluding hydrogens is 208 g/mol. The van der Waals surface area contributed by atoms with Crippen molar-refractivity contribution in [2.45, 2.75) is 24.9 Å². The molecule has 0 spiro atoms. The maximum Gasteiger partial charge on any atom is 0.0480 e. The fourth-order valence-electron chi connectivity index (χ4n) is 2.36. The highest BCUT2D eigenvalue weighted by atomic mass is 32.2. The van der Waals surface area contributed by atoms with Crippen LogP contribution in [0.5, 0.6) is 0 Å². The summed E-state index contributed by atoms with van der Waals surface area (Å²) in [6, 6.07) is 1.43. The molecule has 0 amide bonds. The van der Waals surface area contributed by atoms with Crippen molar-refractivity contribution in [2.75, 3.05) is 44.9 Å². The third kappa shape index (κ3) is 3.63. The van der Waals surface area contributed by atoms with E-state index < -0.39 is 0 Å². The van der Waals surface area contributed by atoms with E-state index in [9.17, 15) is 0 Å². The Kier molecular flexibility index (Phi) is 4.75. The number of hydrogen-bond acceptors (Lipinski definition) is 4. The zero-order valence-electron chi connectivity index (χ0n) is 9.58. The molecule has 15 heavy (non-hydrogen) atoms. The lowest BCUT2D eigenvalue weighted by atomic mass is 10.1. The number of likely N-dealkylation sites (N-methyl/N-ethyl adjacent to an activating group) is 1. The highest BCUT2D eigenvalue weighted by Crippen LogP contribution is 2.15. The van der Waals surface area contributed by atoms with Crippen molar-refractivity contribution in [2.24, 2.45) is 0 Å². The molecule has 2 fully saturated rings. The van der Waals surface area contributed by atoms with Crippen LogP contribution in [0.25, 0.3) is 0 Å². The van der Waals surface area contributed by atoms with Crippen LogP contribution < -0.4 is 5.32 Å². The molecule has 0 saturated carbocycles. The first kappa shape index (κ1) is 11.7. The van der Waals surface area contributed by atoms with Gasteiger partial charge in [-0.1, -0.05) is 0 Å². The maximum absolute atomic E-state index is 5.39. The molecule has 0 aromatic rings. The first-order valence-electron chi connectivity index (χ1n) is 5.95. The minimum atomic E-state index is 0.691. The van der Waals surface area contributed by atoms with Crippen molar-refractivity contribution < 1.29 is 4.74 Å². The van der Waals surface area contributed by atoms with Crippen LogP contribution in [0.2, 0.25) is 0 Å². The second-order valence-electron chi connectivity index (χ2n) is 4.51. The second kappa shape index (κ2) is 6.09. The molecule has 1 N–H and O–H groups in total. The highest BCUT2D eigenvalue weighted by molar-refractivity contribution is 7.99. The summed E-state index contributed by atoms with van der Waals surface area (Å²) in [5, 5.41) is 3.60. The van der Waals surface area contributed by atoms with Crippen molar-refractivity contribution in [3.05, 3.63) is 0 Å². The van der Waals surface area contributed by atoms with Crippen LogP contribution in [0.15, 0.2) is 0 Å². The maximum atomic E-state index is 5.39. The van der Waals surface area contributed by atoms with Crippen LogP contribution >= 0.6 is 11.8 Å². The van der Waals surface area contributed by atoms with Gasteiger partial charge >= 0.3 is 0 Å². The van der Waals surface area contributed by atoms with Gasteiger partial charge in [-0.2, -0.15) is 11.8 Å². The summed E-state index contributed by atoms with van der Waals surface area (Å²) >= 11 is 2.08. The van der Waals surface area contributed by atoms with Crippen LogP contribution in [0, 0.1) is 0 Å². The number of nitrogens with one attached hydrogen (secondary N) is 1. The number of rotatable bonds is 3. The average molecular weight is 230 g/mol. The molecule has 2 aliphatic heterocycles. The Labute approximate surface area is 96.9 Å². The largest absolute Gasteiger partial charge is 0.381 e. The van der Waals surface area contributed by atoms with Crippen molar-refractivity contribution in [3.8, 4) is 0 Å². The van der Waals surface area contributed by atoms with Gasteiger partial charge in [0.25, 0.3) is 0 Å². The SMILES string of the molecule is CN(CC1CSCCN1)C1CCOCC1. The van der Waals surface area contributed by atoms with E-state index in [1.54, 1.807) is 0 Å². The van der Waals surface area contributed by atoms with Gasteiger partial charge < -0.3 is 15.0 Å². The van der Waals surface area contributed by atoms with Crippen LogP contribution in [-0.4, -0.2) is 61.8 Å². The summed E-state index contributed by atoms with van der Waals surface area (Å²) in [5.74, 6) is 2.55. The highest BCUT2D eigenvalue weighted by Gasteiger charge is 2.22. The van der Waals surface area contributed by atoms with Gasteiger partial charge in [0.15, 0.2) is 0 Å².